The molecule has 5 rings (SSSR count). The molecule has 0 spiro atoms. The van der Waals surface area contributed by atoms with Crippen molar-refractivity contribution in [1.29, 1.82) is 0 Å². The highest BCUT2D eigenvalue weighted by molar-refractivity contribution is 6.76. The number of amides is 1. The number of hydrogen-bond acceptors (Lipinski definition) is 9. The molecule has 4 heterocycles. The van der Waals surface area contributed by atoms with E-state index in [1.54, 1.807) is 27.9 Å². The van der Waals surface area contributed by atoms with E-state index < -0.39 is 27.8 Å². The van der Waals surface area contributed by atoms with Gasteiger partial charge in [0.15, 0.2) is 5.65 Å². The maximum atomic E-state index is 14.3. The molecular formula is C38H58FN7O4Si2. The van der Waals surface area contributed by atoms with Crippen LogP contribution in [-0.2, 0) is 14.2 Å². The predicted octanol–water partition coefficient (Wildman–Crippen LogP) is 8.26. The standard InChI is InChI=1S/C38H58FN7O4Si2/c1-38(2,3)50-37(47)45(25-28-12-14-40-15-13-28)34-22-35(44(26-48-16-18-51(4,5)6)27-49-17-19-52(7,8)9)46-36(43-34)32(24-42-46)30-20-29-21-31(39)10-11-33(29)41-23-30/h10-11,20-24,28,40H,12-19,25-27H2,1-9H3. The van der Waals surface area contributed by atoms with Gasteiger partial charge in [-0.1, -0.05) is 39.3 Å². The number of carbonyl (C=O) groups excluding carboxylic acids is 1. The summed E-state index contributed by atoms with van der Waals surface area (Å²) in [6.45, 7) is 23.7. The molecule has 0 atom stereocenters. The second-order valence-corrected chi connectivity index (χ2v) is 28.6. The summed E-state index contributed by atoms with van der Waals surface area (Å²) in [5.41, 5.74) is 1.94. The Bertz CT molecular complexity index is 1790. The van der Waals surface area contributed by atoms with E-state index in [0.717, 1.165) is 43.6 Å². The Morgan fingerprint density at radius 2 is 1.62 bits per heavy atom. The summed E-state index contributed by atoms with van der Waals surface area (Å²) < 4.78 is 34.7. The quantitative estimate of drug-likeness (QED) is 0.0730. The Balaban J connectivity index is 1.64. The lowest BCUT2D eigenvalue weighted by atomic mass is 9.97. The van der Waals surface area contributed by atoms with Gasteiger partial charge in [-0.05, 0) is 89.0 Å². The summed E-state index contributed by atoms with van der Waals surface area (Å²) in [6.07, 6.45) is 4.92. The monoisotopic (exact) mass is 751 g/mol. The van der Waals surface area contributed by atoms with Crippen molar-refractivity contribution in [3.05, 3.63) is 48.5 Å². The van der Waals surface area contributed by atoms with Crippen molar-refractivity contribution in [2.45, 2.75) is 90.6 Å². The number of halogens is 1. The van der Waals surface area contributed by atoms with Gasteiger partial charge in [-0.25, -0.2) is 14.2 Å². The SMILES string of the molecule is CC(C)(C)OC(=O)N(CC1CCNCC1)c1cc(N(COCC[Si](C)(C)C)COCC[Si](C)(C)C)n2ncc(-c3cnc4ccc(F)cc4c3)c2n1. The fourth-order valence-corrected chi connectivity index (χ4v) is 7.44. The molecule has 11 nitrogen and oxygen atoms in total. The Morgan fingerprint density at radius 3 is 2.23 bits per heavy atom. The first-order chi connectivity index (χ1) is 24.5. The number of carbonyl (C=O) groups is 1. The number of hydrogen-bond donors (Lipinski definition) is 1. The first-order valence-corrected chi connectivity index (χ1v) is 25.9. The summed E-state index contributed by atoms with van der Waals surface area (Å²) in [7, 11) is -2.66. The highest BCUT2D eigenvalue weighted by Crippen LogP contribution is 2.32. The fraction of sp³-hybridized carbons (Fsp3) is 0.579. The third-order valence-corrected chi connectivity index (χ3v) is 12.4. The average Bonchev–Trinajstić information content (AvgIpc) is 3.48. The molecule has 0 unspecified atom stereocenters. The number of nitrogens with one attached hydrogen (secondary N) is 1. The van der Waals surface area contributed by atoms with E-state index in [9.17, 15) is 9.18 Å². The van der Waals surface area contributed by atoms with Gasteiger partial charge in [-0.3, -0.25) is 9.88 Å². The van der Waals surface area contributed by atoms with Gasteiger partial charge in [0.2, 0.25) is 0 Å². The second-order valence-electron chi connectivity index (χ2n) is 17.3. The van der Waals surface area contributed by atoms with E-state index in [-0.39, 0.29) is 25.2 Å². The van der Waals surface area contributed by atoms with Gasteiger partial charge in [0.1, 0.15) is 36.5 Å². The van der Waals surface area contributed by atoms with Crippen LogP contribution in [0.1, 0.15) is 33.6 Å². The molecule has 284 valence electrons. The van der Waals surface area contributed by atoms with Crippen molar-refractivity contribution in [3.63, 3.8) is 0 Å². The van der Waals surface area contributed by atoms with Crippen LogP contribution in [0.25, 0.3) is 27.7 Å². The largest absolute Gasteiger partial charge is 0.443 e. The van der Waals surface area contributed by atoms with Gasteiger partial charge >= 0.3 is 6.09 Å². The number of ether oxygens (including phenoxy) is 3. The van der Waals surface area contributed by atoms with Crippen LogP contribution in [0, 0.1) is 11.7 Å². The van der Waals surface area contributed by atoms with Crippen molar-refractivity contribution in [2.24, 2.45) is 5.92 Å². The van der Waals surface area contributed by atoms with E-state index in [2.05, 4.69) is 49.6 Å². The van der Waals surface area contributed by atoms with Crippen molar-refractivity contribution in [3.8, 4) is 11.1 Å². The Hall–Kier alpha value is -3.44. The molecule has 3 aromatic heterocycles. The summed E-state index contributed by atoms with van der Waals surface area (Å²) in [5, 5.41) is 8.94. The van der Waals surface area contributed by atoms with Gasteiger partial charge in [-0.15, -0.1) is 0 Å². The molecule has 1 saturated heterocycles. The van der Waals surface area contributed by atoms with E-state index in [1.807, 2.05) is 37.8 Å². The predicted molar refractivity (Wildman–Crippen MR) is 213 cm³/mol. The minimum atomic E-state index is -1.33. The number of rotatable bonds is 15. The van der Waals surface area contributed by atoms with Gasteiger partial charge in [0.25, 0.3) is 0 Å². The molecule has 1 aliphatic heterocycles. The number of nitrogens with zero attached hydrogens (tertiary/aromatic N) is 6. The number of aromatic nitrogens is 4. The molecule has 4 aromatic rings. The topological polar surface area (TPSA) is 106 Å². The van der Waals surface area contributed by atoms with Crippen molar-refractivity contribution in [1.82, 2.24) is 24.9 Å². The third-order valence-electron chi connectivity index (χ3n) is 8.99. The van der Waals surface area contributed by atoms with Crippen LogP contribution < -0.4 is 15.1 Å². The van der Waals surface area contributed by atoms with Crippen LogP contribution in [0.15, 0.2) is 42.7 Å². The molecule has 0 bridgehead atoms. The van der Waals surface area contributed by atoms with Crippen LogP contribution in [-0.4, -0.2) is 93.7 Å². The van der Waals surface area contributed by atoms with Crippen molar-refractivity contribution in [2.75, 3.05) is 56.1 Å². The molecule has 52 heavy (non-hydrogen) atoms. The molecule has 0 radical (unpaired) electrons. The minimum absolute atomic E-state index is 0.267. The zero-order valence-corrected chi connectivity index (χ0v) is 34.6. The molecular weight excluding hydrogens is 694 g/mol. The first kappa shape index (κ1) is 39.8. The third kappa shape index (κ3) is 11.3. The van der Waals surface area contributed by atoms with E-state index >= 15 is 0 Å². The zero-order valence-electron chi connectivity index (χ0n) is 32.6. The maximum Gasteiger partial charge on any atom is 0.416 e. The molecule has 1 aromatic carbocycles. The van der Waals surface area contributed by atoms with Gasteiger partial charge in [0, 0.05) is 64.7 Å². The Kier molecular flexibility index (Phi) is 12.8. The van der Waals surface area contributed by atoms with E-state index in [1.165, 1.54) is 12.1 Å². The van der Waals surface area contributed by atoms with Crippen LogP contribution in [0.3, 0.4) is 0 Å². The van der Waals surface area contributed by atoms with Crippen LogP contribution in [0.5, 0.6) is 0 Å². The number of pyridine rings is 1. The minimum Gasteiger partial charge on any atom is -0.443 e. The lowest BCUT2D eigenvalue weighted by molar-refractivity contribution is 0.0571. The Morgan fingerprint density at radius 1 is 0.962 bits per heavy atom. The number of anilines is 2. The average molecular weight is 752 g/mol. The van der Waals surface area contributed by atoms with E-state index in [4.69, 9.17) is 24.3 Å². The van der Waals surface area contributed by atoms with Crippen LogP contribution in [0.4, 0.5) is 20.8 Å². The lowest BCUT2D eigenvalue weighted by Gasteiger charge is -2.32. The lowest BCUT2D eigenvalue weighted by Crippen LogP contribution is -2.42. The molecule has 14 heteroatoms. The summed E-state index contributed by atoms with van der Waals surface area (Å²) in [5.74, 6) is 1.06. The number of piperidine rings is 1. The molecule has 1 N–H and O–H groups in total. The summed E-state index contributed by atoms with van der Waals surface area (Å²) >= 11 is 0. The van der Waals surface area contributed by atoms with Crippen molar-refractivity contribution >= 4 is 50.4 Å². The zero-order chi connectivity index (χ0) is 37.7. The molecule has 0 aliphatic carbocycles. The summed E-state index contributed by atoms with van der Waals surface area (Å²) in [4.78, 5) is 27.5. The normalized spacial score (nSPS) is 14.7. The van der Waals surface area contributed by atoms with Gasteiger partial charge in [0.05, 0.1) is 11.7 Å². The molecule has 1 fully saturated rings. The van der Waals surface area contributed by atoms with Gasteiger partial charge in [-0.2, -0.15) is 9.61 Å². The van der Waals surface area contributed by atoms with Crippen LogP contribution in [0.2, 0.25) is 51.4 Å². The number of fused-ring (bicyclic) bond motifs is 2. The molecule has 1 amide bonds. The smallest absolute Gasteiger partial charge is 0.416 e. The highest BCUT2D eigenvalue weighted by Gasteiger charge is 2.30. The van der Waals surface area contributed by atoms with Crippen molar-refractivity contribution < 1.29 is 23.4 Å². The van der Waals surface area contributed by atoms with Gasteiger partial charge < -0.3 is 24.4 Å². The Labute approximate surface area is 310 Å². The van der Waals surface area contributed by atoms with E-state index in [0.29, 0.717) is 53.5 Å². The molecule has 0 saturated carbocycles. The summed E-state index contributed by atoms with van der Waals surface area (Å²) in [6, 6.07) is 10.4. The fourth-order valence-electron chi connectivity index (χ4n) is 5.93. The highest BCUT2D eigenvalue weighted by atomic mass is 28.3. The van der Waals surface area contributed by atoms with Crippen LogP contribution >= 0.6 is 0 Å². The number of benzene rings is 1. The first-order valence-electron chi connectivity index (χ1n) is 18.5. The maximum absolute atomic E-state index is 14.3. The second kappa shape index (κ2) is 16.7. The molecule has 1 aliphatic rings.